The predicted octanol–water partition coefficient (Wildman–Crippen LogP) is 4.47. The molecule has 0 saturated carbocycles. The third kappa shape index (κ3) is 4.34. The molecule has 0 spiro atoms. The second-order valence-corrected chi connectivity index (χ2v) is 5.27. The van der Waals surface area contributed by atoms with Gasteiger partial charge in [-0.25, -0.2) is 0 Å². The van der Waals surface area contributed by atoms with Crippen LogP contribution in [0, 0.1) is 6.92 Å². The lowest BCUT2D eigenvalue weighted by Gasteiger charge is -2.16. The predicted molar refractivity (Wildman–Crippen MR) is 78.5 cm³/mol. The van der Waals surface area contributed by atoms with Crippen LogP contribution in [-0.4, -0.2) is 11.8 Å². The van der Waals surface area contributed by atoms with Gasteiger partial charge in [-0.2, -0.15) is 0 Å². The number of aryl methyl sites for hydroxylation is 1. The minimum absolute atomic E-state index is 0.0799. The standard InChI is InChI=1S/C15H22ClNO/c1-11(2)13-8-6-7-12(3)15(13)17-14(18)9-4-5-10-16/h6-8,11H,4-5,9-10H2,1-3H3,(H,17,18). The fourth-order valence-electron chi connectivity index (χ4n) is 1.92. The molecule has 0 aliphatic rings. The monoisotopic (exact) mass is 267 g/mol. The fourth-order valence-corrected chi connectivity index (χ4v) is 2.11. The van der Waals surface area contributed by atoms with E-state index in [0.29, 0.717) is 18.2 Å². The Morgan fingerprint density at radius 3 is 2.67 bits per heavy atom. The first-order valence-corrected chi connectivity index (χ1v) is 7.05. The van der Waals surface area contributed by atoms with Gasteiger partial charge in [-0.3, -0.25) is 4.79 Å². The number of anilines is 1. The summed E-state index contributed by atoms with van der Waals surface area (Å²) < 4.78 is 0. The van der Waals surface area contributed by atoms with Crippen LogP contribution < -0.4 is 5.32 Å². The number of halogens is 1. The van der Waals surface area contributed by atoms with Gasteiger partial charge in [0.05, 0.1) is 0 Å². The molecule has 1 N–H and O–H groups in total. The maximum absolute atomic E-state index is 11.9. The number of carbonyl (C=O) groups excluding carboxylic acids is 1. The molecule has 3 heteroatoms. The fraction of sp³-hybridized carbons (Fsp3) is 0.533. The molecule has 0 aromatic heterocycles. The van der Waals surface area contributed by atoms with Crippen LogP contribution in [0.4, 0.5) is 5.69 Å². The minimum atomic E-state index is 0.0799. The van der Waals surface area contributed by atoms with E-state index in [4.69, 9.17) is 11.6 Å². The summed E-state index contributed by atoms with van der Waals surface area (Å²) in [7, 11) is 0. The molecule has 18 heavy (non-hydrogen) atoms. The number of rotatable bonds is 6. The third-order valence-electron chi connectivity index (χ3n) is 2.98. The Morgan fingerprint density at radius 2 is 2.06 bits per heavy atom. The van der Waals surface area contributed by atoms with Crippen molar-refractivity contribution in [1.29, 1.82) is 0 Å². The lowest BCUT2D eigenvalue weighted by atomic mass is 9.98. The summed E-state index contributed by atoms with van der Waals surface area (Å²) in [5.41, 5.74) is 3.29. The topological polar surface area (TPSA) is 29.1 Å². The number of carbonyl (C=O) groups is 1. The highest BCUT2D eigenvalue weighted by Gasteiger charge is 2.11. The van der Waals surface area contributed by atoms with Crippen molar-refractivity contribution in [2.24, 2.45) is 0 Å². The van der Waals surface area contributed by atoms with Gasteiger partial charge in [0.15, 0.2) is 0 Å². The van der Waals surface area contributed by atoms with E-state index >= 15 is 0 Å². The number of hydrogen-bond acceptors (Lipinski definition) is 1. The van der Waals surface area contributed by atoms with Crippen LogP contribution in [0.15, 0.2) is 18.2 Å². The van der Waals surface area contributed by atoms with E-state index in [1.165, 1.54) is 5.56 Å². The van der Waals surface area contributed by atoms with Gasteiger partial charge in [0.1, 0.15) is 0 Å². The Labute approximate surface area is 115 Å². The maximum Gasteiger partial charge on any atom is 0.224 e. The molecule has 0 fully saturated rings. The molecular formula is C15H22ClNO. The highest BCUT2D eigenvalue weighted by molar-refractivity contribution is 6.17. The van der Waals surface area contributed by atoms with Crippen molar-refractivity contribution in [2.75, 3.05) is 11.2 Å². The van der Waals surface area contributed by atoms with Crippen LogP contribution in [0.5, 0.6) is 0 Å². The molecule has 1 aromatic carbocycles. The van der Waals surface area contributed by atoms with Crippen molar-refractivity contribution in [1.82, 2.24) is 0 Å². The number of unbranched alkanes of at least 4 members (excludes halogenated alkanes) is 1. The van der Waals surface area contributed by atoms with Gasteiger partial charge in [0.25, 0.3) is 0 Å². The van der Waals surface area contributed by atoms with Crippen molar-refractivity contribution in [3.8, 4) is 0 Å². The quantitative estimate of drug-likeness (QED) is 0.598. The molecule has 1 aromatic rings. The summed E-state index contributed by atoms with van der Waals surface area (Å²) in [4.78, 5) is 11.9. The largest absolute Gasteiger partial charge is 0.326 e. The van der Waals surface area contributed by atoms with E-state index in [1.54, 1.807) is 0 Å². The third-order valence-corrected chi connectivity index (χ3v) is 3.25. The Kier molecular flexibility index (Phi) is 6.20. The summed E-state index contributed by atoms with van der Waals surface area (Å²) in [6.07, 6.45) is 2.27. The van der Waals surface area contributed by atoms with Crippen LogP contribution in [0.2, 0.25) is 0 Å². The first kappa shape index (κ1) is 15.0. The van der Waals surface area contributed by atoms with Crippen LogP contribution >= 0.6 is 11.6 Å². The SMILES string of the molecule is Cc1cccc(C(C)C)c1NC(=O)CCCCCl. The Bertz CT molecular complexity index is 401. The van der Waals surface area contributed by atoms with Gasteiger partial charge < -0.3 is 5.32 Å². The summed E-state index contributed by atoms with van der Waals surface area (Å²) in [6.45, 7) is 6.30. The second kappa shape index (κ2) is 7.42. The van der Waals surface area contributed by atoms with Crippen molar-refractivity contribution >= 4 is 23.2 Å². The average molecular weight is 268 g/mol. The van der Waals surface area contributed by atoms with Gasteiger partial charge in [-0.15, -0.1) is 11.6 Å². The molecule has 0 saturated heterocycles. The molecule has 1 amide bonds. The van der Waals surface area contributed by atoms with E-state index in [2.05, 4.69) is 25.2 Å². The van der Waals surface area contributed by atoms with Crippen molar-refractivity contribution in [3.63, 3.8) is 0 Å². The van der Waals surface area contributed by atoms with Crippen LogP contribution in [0.3, 0.4) is 0 Å². The van der Waals surface area contributed by atoms with Gasteiger partial charge in [-0.05, 0) is 36.8 Å². The summed E-state index contributed by atoms with van der Waals surface area (Å²) in [5.74, 6) is 1.11. The summed E-state index contributed by atoms with van der Waals surface area (Å²) >= 11 is 5.61. The van der Waals surface area contributed by atoms with Crippen molar-refractivity contribution < 1.29 is 4.79 Å². The zero-order chi connectivity index (χ0) is 13.5. The lowest BCUT2D eigenvalue weighted by molar-refractivity contribution is -0.116. The number of benzene rings is 1. The van der Waals surface area contributed by atoms with Gasteiger partial charge in [-0.1, -0.05) is 32.0 Å². The number of hydrogen-bond donors (Lipinski definition) is 1. The van der Waals surface area contributed by atoms with E-state index in [1.807, 2.05) is 19.1 Å². The van der Waals surface area contributed by atoms with E-state index in [9.17, 15) is 4.79 Å². The number of alkyl halides is 1. The Balaban J connectivity index is 2.74. The molecule has 0 unspecified atom stereocenters. The second-order valence-electron chi connectivity index (χ2n) is 4.89. The normalized spacial score (nSPS) is 10.7. The van der Waals surface area contributed by atoms with Gasteiger partial charge >= 0.3 is 0 Å². The van der Waals surface area contributed by atoms with E-state index < -0.39 is 0 Å². The average Bonchev–Trinajstić information content (AvgIpc) is 2.31. The smallest absolute Gasteiger partial charge is 0.224 e. The number of para-hydroxylation sites is 1. The zero-order valence-electron chi connectivity index (χ0n) is 11.4. The summed E-state index contributed by atoms with van der Waals surface area (Å²) in [5, 5.41) is 3.04. The molecule has 0 heterocycles. The van der Waals surface area contributed by atoms with Crippen LogP contribution in [-0.2, 0) is 4.79 Å². The molecule has 0 bridgehead atoms. The molecule has 2 nitrogen and oxygen atoms in total. The molecule has 100 valence electrons. The van der Waals surface area contributed by atoms with E-state index in [-0.39, 0.29) is 5.91 Å². The van der Waals surface area contributed by atoms with Gasteiger partial charge in [0.2, 0.25) is 5.91 Å². The zero-order valence-corrected chi connectivity index (χ0v) is 12.2. The maximum atomic E-state index is 11.9. The van der Waals surface area contributed by atoms with Crippen molar-refractivity contribution in [3.05, 3.63) is 29.3 Å². The molecule has 0 aliphatic carbocycles. The lowest BCUT2D eigenvalue weighted by Crippen LogP contribution is -2.14. The highest BCUT2D eigenvalue weighted by Crippen LogP contribution is 2.27. The number of nitrogens with one attached hydrogen (secondary N) is 1. The highest BCUT2D eigenvalue weighted by atomic mass is 35.5. The Morgan fingerprint density at radius 1 is 1.33 bits per heavy atom. The molecule has 0 radical (unpaired) electrons. The van der Waals surface area contributed by atoms with Crippen LogP contribution in [0.1, 0.15) is 50.2 Å². The van der Waals surface area contributed by atoms with E-state index in [0.717, 1.165) is 24.1 Å². The van der Waals surface area contributed by atoms with Gasteiger partial charge in [0, 0.05) is 18.0 Å². The number of amides is 1. The summed E-state index contributed by atoms with van der Waals surface area (Å²) in [6, 6.07) is 6.14. The first-order chi connectivity index (χ1) is 8.56. The molecule has 1 rings (SSSR count). The Hall–Kier alpha value is -1.02. The first-order valence-electron chi connectivity index (χ1n) is 6.51. The molecule has 0 atom stereocenters. The van der Waals surface area contributed by atoms with Crippen LogP contribution in [0.25, 0.3) is 0 Å². The minimum Gasteiger partial charge on any atom is -0.326 e. The molecule has 0 aliphatic heterocycles. The van der Waals surface area contributed by atoms with Crippen molar-refractivity contribution in [2.45, 2.75) is 46.0 Å². The molecular weight excluding hydrogens is 246 g/mol.